The summed E-state index contributed by atoms with van der Waals surface area (Å²) in [5.74, 6) is 2.90. The molecule has 1 N–H and O–H groups in total. The van der Waals surface area contributed by atoms with Crippen molar-refractivity contribution in [1.29, 1.82) is 0 Å². The monoisotopic (exact) mass is 393 g/mol. The lowest BCUT2D eigenvalue weighted by molar-refractivity contribution is -0.121. The first-order chi connectivity index (χ1) is 14.2. The summed E-state index contributed by atoms with van der Waals surface area (Å²) in [7, 11) is 1.62. The van der Waals surface area contributed by atoms with E-state index in [0.717, 1.165) is 23.5 Å². The van der Waals surface area contributed by atoms with E-state index in [1.807, 2.05) is 42.5 Å². The number of carbonyl (C=O) groups excluding carboxylic acids is 1. The minimum absolute atomic E-state index is 0.0342. The molecule has 3 aromatic rings. The summed E-state index contributed by atoms with van der Waals surface area (Å²) in [5.41, 5.74) is 2.03. The Kier molecular flexibility index (Phi) is 5.74. The zero-order valence-corrected chi connectivity index (χ0v) is 16.3. The molecule has 1 aliphatic heterocycles. The number of fused-ring (bicyclic) bond motifs is 1. The highest BCUT2D eigenvalue weighted by molar-refractivity contribution is 5.76. The number of rotatable bonds is 7. The van der Waals surface area contributed by atoms with E-state index in [0.29, 0.717) is 37.7 Å². The Balaban J connectivity index is 1.23. The van der Waals surface area contributed by atoms with Crippen LogP contribution in [0.25, 0.3) is 11.4 Å². The van der Waals surface area contributed by atoms with Crippen LogP contribution in [-0.4, -0.2) is 36.3 Å². The van der Waals surface area contributed by atoms with E-state index in [1.165, 1.54) is 5.56 Å². The first-order valence-corrected chi connectivity index (χ1v) is 9.65. The molecule has 4 rings (SSSR count). The number of nitrogens with zero attached hydrogens (tertiary/aromatic N) is 2. The molecule has 0 saturated carbocycles. The number of ether oxygens (including phenoxy) is 2. The number of aromatic nitrogens is 2. The number of hydrogen-bond donors (Lipinski definition) is 1. The number of para-hydroxylation sites is 1. The number of methoxy groups -OCH3 is 1. The molecule has 29 heavy (non-hydrogen) atoms. The predicted octanol–water partition coefficient (Wildman–Crippen LogP) is 3.05. The van der Waals surface area contributed by atoms with Gasteiger partial charge in [-0.15, -0.1) is 0 Å². The predicted molar refractivity (Wildman–Crippen MR) is 107 cm³/mol. The SMILES string of the molecule is COc1ccc(-c2noc(CCC(=O)NC[C@@H]3COc4ccccc4C3)n2)cc1. The first-order valence-electron chi connectivity index (χ1n) is 9.65. The molecule has 0 radical (unpaired) electrons. The van der Waals surface area contributed by atoms with E-state index in [1.54, 1.807) is 7.11 Å². The fraction of sp³-hybridized carbons (Fsp3) is 0.318. The average Bonchev–Trinajstić information content (AvgIpc) is 3.25. The third-order valence-corrected chi connectivity index (χ3v) is 4.93. The van der Waals surface area contributed by atoms with Crippen molar-refractivity contribution in [3.8, 4) is 22.9 Å². The zero-order valence-electron chi connectivity index (χ0n) is 16.3. The van der Waals surface area contributed by atoms with E-state index < -0.39 is 0 Å². The number of nitrogens with one attached hydrogen (secondary N) is 1. The van der Waals surface area contributed by atoms with Gasteiger partial charge in [0.2, 0.25) is 17.6 Å². The molecule has 1 atom stereocenters. The average molecular weight is 393 g/mol. The molecule has 7 heteroatoms. The lowest BCUT2D eigenvalue weighted by Gasteiger charge is -2.25. The van der Waals surface area contributed by atoms with E-state index >= 15 is 0 Å². The molecule has 0 unspecified atom stereocenters. The minimum atomic E-state index is -0.0342. The van der Waals surface area contributed by atoms with Gasteiger partial charge in [0.15, 0.2) is 0 Å². The zero-order chi connectivity index (χ0) is 20.1. The Morgan fingerprint density at radius 1 is 1.21 bits per heavy atom. The summed E-state index contributed by atoms with van der Waals surface area (Å²) in [5, 5.41) is 6.97. The van der Waals surface area contributed by atoms with Crippen LogP contribution in [0, 0.1) is 5.92 Å². The smallest absolute Gasteiger partial charge is 0.227 e. The van der Waals surface area contributed by atoms with Crippen LogP contribution in [0.4, 0.5) is 0 Å². The summed E-state index contributed by atoms with van der Waals surface area (Å²) in [6, 6.07) is 15.4. The summed E-state index contributed by atoms with van der Waals surface area (Å²) >= 11 is 0. The van der Waals surface area contributed by atoms with Gasteiger partial charge in [0.25, 0.3) is 0 Å². The fourth-order valence-corrected chi connectivity index (χ4v) is 3.30. The Bertz CT molecular complexity index is 968. The first kappa shape index (κ1) is 19.0. The van der Waals surface area contributed by atoms with Gasteiger partial charge in [0.05, 0.1) is 13.7 Å². The normalized spacial score (nSPS) is 15.3. The summed E-state index contributed by atoms with van der Waals surface area (Å²) in [6.45, 7) is 1.21. The lowest BCUT2D eigenvalue weighted by atomic mass is 9.97. The van der Waals surface area contributed by atoms with Gasteiger partial charge < -0.3 is 19.3 Å². The van der Waals surface area contributed by atoms with Crippen molar-refractivity contribution in [3.63, 3.8) is 0 Å². The van der Waals surface area contributed by atoms with Crippen LogP contribution < -0.4 is 14.8 Å². The number of amides is 1. The van der Waals surface area contributed by atoms with E-state index in [9.17, 15) is 4.79 Å². The maximum atomic E-state index is 12.2. The van der Waals surface area contributed by atoms with Crippen LogP contribution in [0.1, 0.15) is 17.9 Å². The van der Waals surface area contributed by atoms with Gasteiger partial charge in [0, 0.05) is 30.9 Å². The second kappa shape index (κ2) is 8.77. The topological polar surface area (TPSA) is 86.5 Å². The van der Waals surface area contributed by atoms with Gasteiger partial charge in [-0.2, -0.15) is 4.98 Å². The molecule has 0 bridgehead atoms. The Hall–Kier alpha value is -3.35. The van der Waals surface area contributed by atoms with Gasteiger partial charge in [0.1, 0.15) is 11.5 Å². The molecule has 1 aliphatic rings. The third-order valence-electron chi connectivity index (χ3n) is 4.93. The van der Waals surface area contributed by atoms with Crippen molar-refractivity contribution in [2.45, 2.75) is 19.3 Å². The molecule has 2 aromatic carbocycles. The van der Waals surface area contributed by atoms with Crippen LogP contribution in [0.5, 0.6) is 11.5 Å². The summed E-state index contributed by atoms with van der Waals surface area (Å²) < 4.78 is 16.2. The fourth-order valence-electron chi connectivity index (χ4n) is 3.30. The number of carbonyl (C=O) groups is 1. The van der Waals surface area contributed by atoms with Crippen molar-refractivity contribution in [3.05, 3.63) is 60.0 Å². The molecule has 0 fully saturated rings. The molecule has 1 aromatic heterocycles. The molecular formula is C22H23N3O4. The maximum absolute atomic E-state index is 12.2. The third kappa shape index (κ3) is 4.74. The highest BCUT2D eigenvalue weighted by Crippen LogP contribution is 2.26. The standard InChI is InChI=1S/C22H23N3O4/c1-27-18-8-6-16(7-9-18)22-24-21(29-25-22)11-10-20(26)23-13-15-12-17-4-2-3-5-19(17)28-14-15/h2-9,15H,10-14H2,1H3,(H,23,26)/t15-/m1/s1. The van der Waals surface area contributed by atoms with Gasteiger partial charge in [-0.25, -0.2) is 0 Å². The number of benzene rings is 2. The van der Waals surface area contributed by atoms with Crippen LogP contribution in [0.3, 0.4) is 0 Å². The Morgan fingerprint density at radius 3 is 2.86 bits per heavy atom. The van der Waals surface area contributed by atoms with Crippen LogP contribution >= 0.6 is 0 Å². The van der Waals surface area contributed by atoms with Gasteiger partial charge >= 0.3 is 0 Å². The van der Waals surface area contributed by atoms with Crippen LogP contribution in [0.15, 0.2) is 53.1 Å². The minimum Gasteiger partial charge on any atom is -0.497 e. The van der Waals surface area contributed by atoms with Crippen LogP contribution in [0.2, 0.25) is 0 Å². The quantitative estimate of drug-likeness (QED) is 0.664. The Morgan fingerprint density at radius 2 is 2.03 bits per heavy atom. The molecular weight excluding hydrogens is 370 g/mol. The van der Waals surface area contributed by atoms with Crippen LogP contribution in [-0.2, 0) is 17.6 Å². The number of hydrogen-bond acceptors (Lipinski definition) is 6. The molecule has 0 saturated heterocycles. The van der Waals surface area contributed by atoms with Gasteiger partial charge in [-0.3, -0.25) is 4.79 Å². The van der Waals surface area contributed by atoms with E-state index in [4.69, 9.17) is 14.0 Å². The second-order valence-corrected chi connectivity index (χ2v) is 7.03. The molecule has 7 nitrogen and oxygen atoms in total. The van der Waals surface area contributed by atoms with Crippen molar-refractivity contribution in [2.24, 2.45) is 5.92 Å². The van der Waals surface area contributed by atoms with Crippen molar-refractivity contribution < 1.29 is 18.8 Å². The van der Waals surface area contributed by atoms with Crippen molar-refractivity contribution >= 4 is 5.91 Å². The largest absolute Gasteiger partial charge is 0.497 e. The number of aryl methyl sites for hydroxylation is 1. The Labute approximate surface area is 169 Å². The van der Waals surface area contributed by atoms with Crippen molar-refractivity contribution in [2.75, 3.05) is 20.3 Å². The van der Waals surface area contributed by atoms with E-state index in [-0.39, 0.29) is 11.8 Å². The molecule has 1 amide bonds. The van der Waals surface area contributed by atoms with Crippen molar-refractivity contribution in [1.82, 2.24) is 15.5 Å². The highest BCUT2D eigenvalue weighted by atomic mass is 16.5. The lowest BCUT2D eigenvalue weighted by Crippen LogP contribution is -2.34. The highest BCUT2D eigenvalue weighted by Gasteiger charge is 2.20. The molecule has 2 heterocycles. The van der Waals surface area contributed by atoms with Gasteiger partial charge in [-0.1, -0.05) is 23.4 Å². The molecule has 0 spiro atoms. The molecule has 150 valence electrons. The second-order valence-electron chi connectivity index (χ2n) is 7.03. The summed E-state index contributed by atoms with van der Waals surface area (Å²) in [4.78, 5) is 16.6. The summed E-state index contributed by atoms with van der Waals surface area (Å²) in [6.07, 6.45) is 1.61. The van der Waals surface area contributed by atoms with E-state index in [2.05, 4.69) is 21.5 Å². The maximum Gasteiger partial charge on any atom is 0.227 e. The van der Waals surface area contributed by atoms with Gasteiger partial charge in [-0.05, 0) is 42.3 Å². The molecule has 0 aliphatic carbocycles.